The van der Waals surface area contributed by atoms with Gasteiger partial charge < -0.3 is 15.0 Å². The topological polar surface area (TPSA) is 85.2 Å². The summed E-state index contributed by atoms with van der Waals surface area (Å²) >= 11 is 0. The van der Waals surface area contributed by atoms with E-state index in [4.69, 9.17) is 4.74 Å². The molecule has 0 spiro atoms. The Morgan fingerprint density at radius 3 is 2.57 bits per heavy atom. The lowest BCUT2D eigenvalue weighted by atomic mass is 9.85. The molecule has 1 atom stereocenters. The van der Waals surface area contributed by atoms with Crippen LogP contribution < -0.4 is 10.2 Å². The SMILES string of the molecule is Cc1nn(-c2ccc(N3CCOCC3)nn2)c2c1C(c1ccccc1F)CC(=O)N2. The Kier molecular flexibility index (Phi) is 4.66. The number of aryl methyl sites for hydroxylation is 1. The fourth-order valence-electron chi connectivity index (χ4n) is 4.13. The first-order valence-corrected chi connectivity index (χ1v) is 9.92. The van der Waals surface area contributed by atoms with Crippen molar-refractivity contribution < 1.29 is 13.9 Å². The van der Waals surface area contributed by atoms with Crippen LogP contribution in [0.3, 0.4) is 0 Å². The highest BCUT2D eigenvalue weighted by atomic mass is 19.1. The summed E-state index contributed by atoms with van der Waals surface area (Å²) in [7, 11) is 0. The van der Waals surface area contributed by atoms with Gasteiger partial charge in [-0.2, -0.15) is 9.78 Å². The number of benzene rings is 1. The van der Waals surface area contributed by atoms with Crippen LogP contribution in [0.25, 0.3) is 5.82 Å². The van der Waals surface area contributed by atoms with E-state index in [2.05, 4.69) is 25.5 Å². The lowest BCUT2D eigenvalue weighted by Gasteiger charge is -2.27. The molecule has 3 aromatic rings. The molecule has 8 nitrogen and oxygen atoms in total. The standard InChI is InChI=1S/C21H21FN6O2/c1-13-20-15(14-4-2-3-5-16(14)22)12-19(29)23-21(20)28(26-13)18-7-6-17(24-25-18)27-8-10-30-11-9-27/h2-7,15H,8-12H2,1H3,(H,23,29). The van der Waals surface area contributed by atoms with Crippen molar-refractivity contribution in [1.29, 1.82) is 0 Å². The van der Waals surface area contributed by atoms with Crippen LogP contribution >= 0.6 is 0 Å². The summed E-state index contributed by atoms with van der Waals surface area (Å²) in [6, 6.07) is 10.3. The lowest BCUT2D eigenvalue weighted by Crippen LogP contribution is -2.36. The smallest absolute Gasteiger partial charge is 0.226 e. The fraction of sp³-hybridized carbons (Fsp3) is 0.333. The highest BCUT2D eigenvalue weighted by molar-refractivity contribution is 5.95. The van der Waals surface area contributed by atoms with Gasteiger partial charge in [0.2, 0.25) is 5.91 Å². The van der Waals surface area contributed by atoms with Crippen LogP contribution in [0.2, 0.25) is 0 Å². The maximum Gasteiger partial charge on any atom is 0.226 e. The Labute approximate surface area is 172 Å². The molecule has 1 unspecified atom stereocenters. The van der Waals surface area contributed by atoms with E-state index in [1.807, 2.05) is 19.1 Å². The molecule has 0 aliphatic carbocycles. The molecule has 5 rings (SSSR count). The van der Waals surface area contributed by atoms with Crippen LogP contribution in [0, 0.1) is 12.7 Å². The van der Waals surface area contributed by atoms with Gasteiger partial charge in [-0.3, -0.25) is 4.79 Å². The third kappa shape index (κ3) is 3.21. The third-order valence-electron chi connectivity index (χ3n) is 5.57. The number of amides is 1. The second-order valence-corrected chi connectivity index (χ2v) is 7.44. The van der Waals surface area contributed by atoms with Crippen molar-refractivity contribution in [3.8, 4) is 5.82 Å². The van der Waals surface area contributed by atoms with Gasteiger partial charge in [-0.05, 0) is 30.7 Å². The van der Waals surface area contributed by atoms with Crippen molar-refractivity contribution in [3.05, 3.63) is 59.0 Å². The van der Waals surface area contributed by atoms with Crippen LogP contribution in [0.1, 0.15) is 29.2 Å². The molecule has 1 N–H and O–H groups in total. The molecular weight excluding hydrogens is 387 g/mol. The maximum absolute atomic E-state index is 14.5. The number of anilines is 2. The highest BCUT2D eigenvalue weighted by Crippen LogP contribution is 2.40. The average Bonchev–Trinajstić information content (AvgIpc) is 3.10. The second kappa shape index (κ2) is 7.49. The van der Waals surface area contributed by atoms with Gasteiger partial charge in [0.25, 0.3) is 0 Å². The number of fused-ring (bicyclic) bond motifs is 1. The number of nitrogens with zero attached hydrogens (tertiary/aromatic N) is 5. The maximum atomic E-state index is 14.5. The summed E-state index contributed by atoms with van der Waals surface area (Å²) in [5.74, 6) is 0.869. The van der Waals surface area contributed by atoms with Gasteiger partial charge in [0, 0.05) is 31.0 Å². The summed E-state index contributed by atoms with van der Waals surface area (Å²) in [4.78, 5) is 14.6. The molecule has 2 aromatic heterocycles. The monoisotopic (exact) mass is 408 g/mol. The summed E-state index contributed by atoms with van der Waals surface area (Å²) in [6.07, 6.45) is 0.169. The molecule has 2 aliphatic heterocycles. The molecule has 0 radical (unpaired) electrons. The van der Waals surface area contributed by atoms with E-state index in [0.717, 1.165) is 30.2 Å². The van der Waals surface area contributed by atoms with Crippen molar-refractivity contribution in [2.75, 3.05) is 36.5 Å². The zero-order valence-corrected chi connectivity index (χ0v) is 16.5. The molecule has 1 saturated heterocycles. The number of aromatic nitrogens is 4. The van der Waals surface area contributed by atoms with Crippen LogP contribution in [0.4, 0.5) is 16.0 Å². The number of rotatable bonds is 3. The summed E-state index contributed by atoms with van der Waals surface area (Å²) < 4.78 is 21.4. The number of carbonyl (C=O) groups is 1. The zero-order chi connectivity index (χ0) is 20.7. The molecule has 1 aromatic carbocycles. The number of hydrogen-bond donors (Lipinski definition) is 1. The molecular formula is C21H21FN6O2. The molecule has 2 aliphatic rings. The molecule has 154 valence electrons. The van der Waals surface area contributed by atoms with Gasteiger partial charge in [0.1, 0.15) is 11.6 Å². The Balaban J connectivity index is 1.53. The van der Waals surface area contributed by atoms with E-state index in [-0.39, 0.29) is 18.1 Å². The average molecular weight is 408 g/mol. The molecule has 0 bridgehead atoms. The molecule has 1 amide bonds. The van der Waals surface area contributed by atoms with Crippen molar-refractivity contribution in [3.63, 3.8) is 0 Å². The number of hydrogen-bond acceptors (Lipinski definition) is 6. The first kappa shape index (κ1) is 18.7. The van der Waals surface area contributed by atoms with Gasteiger partial charge >= 0.3 is 0 Å². The summed E-state index contributed by atoms with van der Waals surface area (Å²) in [5.41, 5.74) is 2.01. The predicted octanol–water partition coefficient (Wildman–Crippen LogP) is 2.42. The fourth-order valence-corrected chi connectivity index (χ4v) is 4.13. The van der Waals surface area contributed by atoms with E-state index < -0.39 is 5.92 Å². The van der Waals surface area contributed by atoms with Gasteiger partial charge in [0.05, 0.1) is 18.9 Å². The number of morpholine rings is 1. The van der Waals surface area contributed by atoms with E-state index in [0.29, 0.717) is 30.4 Å². The van der Waals surface area contributed by atoms with E-state index in [1.165, 1.54) is 6.07 Å². The highest BCUT2D eigenvalue weighted by Gasteiger charge is 2.34. The molecule has 4 heterocycles. The van der Waals surface area contributed by atoms with Crippen molar-refractivity contribution in [1.82, 2.24) is 20.0 Å². The molecule has 30 heavy (non-hydrogen) atoms. The summed E-state index contributed by atoms with van der Waals surface area (Å²) in [6.45, 7) is 4.73. The Morgan fingerprint density at radius 2 is 1.83 bits per heavy atom. The Morgan fingerprint density at radius 1 is 1.10 bits per heavy atom. The van der Waals surface area contributed by atoms with Gasteiger partial charge in [-0.25, -0.2) is 4.39 Å². The normalized spacial score (nSPS) is 18.8. The largest absolute Gasteiger partial charge is 0.378 e. The van der Waals surface area contributed by atoms with Gasteiger partial charge in [-0.1, -0.05) is 18.2 Å². The first-order chi connectivity index (χ1) is 14.6. The lowest BCUT2D eigenvalue weighted by molar-refractivity contribution is -0.116. The molecule has 0 saturated carbocycles. The summed E-state index contributed by atoms with van der Waals surface area (Å²) in [5, 5.41) is 16.1. The predicted molar refractivity (Wildman–Crippen MR) is 108 cm³/mol. The van der Waals surface area contributed by atoms with Gasteiger partial charge in [0.15, 0.2) is 11.6 Å². The van der Waals surface area contributed by atoms with Gasteiger partial charge in [-0.15, -0.1) is 10.2 Å². The number of halogens is 1. The Hall–Kier alpha value is -3.33. The van der Waals surface area contributed by atoms with Crippen molar-refractivity contribution in [2.45, 2.75) is 19.3 Å². The van der Waals surface area contributed by atoms with Crippen LogP contribution in [-0.2, 0) is 9.53 Å². The number of ether oxygens (including phenoxy) is 1. The van der Waals surface area contributed by atoms with Crippen LogP contribution in [0.15, 0.2) is 36.4 Å². The number of carbonyl (C=O) groups excluding carboxylic acids is 1. The molecule has 9 heteroatoms. The van der Waals surface area contributed by atoms with E-state index >= 15 is 0 Å². The second-order valence-electron chi connectivity index (χ2n) is 7.44. The minimum Gasteiger partial charge on any atom is -0.378 e. The third-order valence-corrected chi connectivity index (χ3v) is 5.57. The van der Waals surface area contributed by atoms with Crippen molar-refractivity contribution >= 4 is 17.5 Å². The molecule has 1 fully saturated rings. The first-order valence-electron chi connectivity index (χ1n) is 9.92. The minimum atomic E-state index is -0.399. The van der Waals surface area contributed by atoms with Crippen molar-refractivity contribution in [2.24, 2.45) is 0 Å². The quantitative estimate of drug-likeness (QED) is 0.717. The zero-order valence-electron chi connectivity index (χ0n) is 16.5. The van der Waals surface area contributed by atoms with Crippen LogP contribution in [0.5, 0.6) is 0 Å². The minimum absolute atomic E-state index is 0.169. The van der Waals surface area contributed by atoms with Crippen LogP contribution in [-0.4, -0.2) is 52.2 Å². The number of nitrogens with one attached hydrogen (secondary N) is 1. The van der Waals surface area contributed by atoms with E-state index in [9.17, 15) is 9.18 Å². The Bertz CT molecular complexity index is 1090. The van der Waals surface area contributed by atoms with E-state index in [1.54, 1.807) is 22.9 Å².